The summed E-state index contributed by atoms with van der Waals surface area (Å²) < 4.78 is 1.31. The van der Waals surface area contributed by atoms with Gasteiger partial charge in [0.25, 0.3) is 0 Å². The van der Waals surface area contributed by atoms with Crippen LogP contribution in [0.1, 0.15) is 15.3 Å². The molecule has 0 radical (unpaired) electrons. The van der Waals surface area contributed by atoms with Crippen molar-refractivity contribution in [2.45, 2.75) is 4.95 Å². The number of carbonyl (C=O) groups excluding carboxylic acids is 1. The molecule has 82 valence electrons. The molecule has 0 bridgehead atoms. The molecule has 0 aliphatic carbocycles. The monoisotopic (exact) mass is 300 g/mol. The fourth-order valence-corrected chi connectivity index (χ4v) is 1.84. The molecule has 2 rings (SSSR count). The summed E-state index contributed by atoms with van der Waals surface area (Å²) in [7, 11) is 0. The van der Waals surface area contributed by atoms with Gasteiger partial charge in [0.1, 0.15) is 6.33 Å². The number of carbonyl (C=O) groups is 1. The molecule has 0 N–H and O–H groups in total. The molecular formula is C9H6BrClN4O. The minimum Gasteiger partial charge on any atom is -0.291 e. The Kier molecular flexibility index (Phi) is 3.31. The lowest BCUT2D eigenvalue weighted by Gasteiger charge is -2.08. The molecule has 7 heteroatoms. The highest BCUT2D eigenvalue weighted by molar-refractivity contribution is 9.09. The van der Waals surface area contributed by atoms with Gasteiger partial charge < -0.3 is 0 Å². The van der Waals surface area contributed by atoms with E-state index in [2.05, 4.69) is 31.5 Å². The average Bonchev–Trinajstić information content (AvgIpc) is 2.81. The Balaban J connectivity index is 2.30. The number of alkyl halides is 1. The Labute approximate surface area is 105 Å². The van der Waals surface area contributed by atoms with Crippen LogP contribution >= 0.6 is 27.5 Å². The van der Waals surface area contributed by atoms with E-state index in [1.54, 1.807) is 24.3 Å². The van der Waals surface area contributed by atoms with Crippen molar-refractivity contribution in [1.82, 2.24) is 20.2 Å². The van der Waals surface area contributed by atoms with Gasteiger partial charge in [-0.15, -0.1) is 5.10 Å². The minimum absolute atomic E-state index is 0.196. The van der Waals surface area contributed by atoms with Crippen molar-refractivity contribution in [3.05, 3.63) is 41.2 Å². The van der Waals surface area contributed by atoms with E-state index >= 15 is 0 Å². The van der Waals surface area contributed by atoms with Crippen molar-refractivity contribution < 1.29 is 4.79 Å². The molecule has 1 unspecified atom stereocenters. The van der Waals surface area contributed by atoms with Gasteiger partial charge in [0.05, 0.1) is 5.02 Å². The first-order valence-electron chi connectivity index (χ1n) is 4.35. The van der Waals surface area contributed by atoms with Crippen molar-refractivity contribution in [3.63, 3.8) is 0 Å². The molecule has 1 heterocycles. The maximum atomic E-state index is 12.0. The smallest absolute Gasteiger partial charge is 0.199 e. The van der Waals surface area contributed by atoms with Crippen LogP contribution in [0.5, 0.6) is 0 Å². The Morgan fingerprint density at radius 2 is 2.19 bits per heavy atom. The summed E-state index contributed by atoms with van der Waals surface area (Å²) >= 11 is 9.14. The average molecular weight is 302 g/mol. The SMILES string of the molecule is O=C(c1ccccc1Cl)C(Br)n1cnnn1. The molecule has 0 saturated heterocycles. The molecule has 1 atom stereocenters. The van der Waals surface area contributed by atoms with Crippen molar-refractivity contribution >= 4 is 33.3 Å². The third-order valence-electron chi connectivity index (χ3n) is 1.95. The summed E-state index contributed by atoms with van der Waals surface area (Å²) in [5, 5.41) is 11.0. The number of rotatable bonds is 3. The molecule has 16 heavy (non-hydrogen) atoms. The Bertz CT molecular complexity index is 502. The zero-order valence-electron chi connectivity index (χ0n) is 7.92. The van der Waals surface area contributed by atoms with Gasteiger partial charge in [0.15, 0.2) is 10.7 Å². The van der Waals surface area contributed by atoms with E-state index in [1.807, 2.05) is 0 Å². The number of aromatic nitrogens is 4. The number of tetrazole rings is 1. The van der Waals surface area contributed by atoms with Crippen molar-refractivity contribution in [2.75, 3.05) is 0 Å². The summed E-state index contributed by atoms with van der Waals surface area (Å²) in [4.78, 5) is 11.4. The molecule has 0 saturated carbocycles. The Morgan fingerprint density at radius 1 is 1.44 bits per heavy atom. The van der Waals surface area contributed by atoms with Gasteiger partial charge in [0, 0.05) is 5.56 Å². The van der Waals surface area contributed by atoms with Gasteiger partial charge in [0.2, 0.25) is 0 Å². The molecule has 0 amide bonds. The molecule has 0 spiro atoms. The fraction of sp³-hybridized carbons (Fsp3) is 0.111. The molecule has 1 aromatic carbocycles. The van der Waals surface area contributed by atoms with Gasteiger partial charge in [-0.2, -0.15) is 0 Å². The number of Topliss-reactive ketones (excluding diaryl/α,β-unsaturated/α-hetero) is 1. The first kappa shape index (κ1) is 11.2. The summed E-state index contributed by atoms with van der Waals surface area (Å²) in [5.41, 5.74) is 0.432. The number of benzene rings is 1. The second-order valence-corrected chi connectivity index (χ2v) is 4.24. The summed E-state index contributed by atoms with van der Waals surface area (Å²) in [6, 6.07) is 6.83. The topological polar surface area (TPSA) is 60.7 Å². The van der Waals surface area contributed by atoms with E-state index < -0.39 is 4.95 Å². The predicted molar refractivity (Wildman–Crippen MR) is 61.6 cm³/mol. The zero-order chi connectivity index (χ0) is 11.5. The summed E-state index contributed by atoms with van der Waals surface area (Å²) in [6.07, 6.45) is 1.36. The standard InChI is InChI=1S/C9H6BrClN4O/c10-9(15-5-12-13-14-15)8(16)6-3-1-2-4-7(6)11/h1-5,9H. The first-order valence-corrected chi connectivity index (χ1v) is 5.65. The third-order valence-corrected chi connectivity index (χ3v) is 3.12. The fourth-order valence-electron chi connectivity index (χ4n) is 1.18. The van der Waals surface area contributed by atoms with Crippen LogP contribution in [0.25, 0.3) is 0 Å². The highest BCUT2D eigenvalue weighted by Crippen LogP contribution is 2.24. The van der Waals surface area contributed by atoms with Gasteiger partial charge in [-0.1, -0.05) is 39.7 Å². The molecule has 5 nitrogen and oxygen atoms in total. The van der Waals surface area contributed by atoms with Gasteiger partial charge in [-0.05, 0) is 22.6 Å². The normalized spacial score (nSPS) is 12.4. The summed E-state index contributed by atoms with van der Waals surface area (Å²) in [5.74, 6) is -0.196. The largest absolute Gasteiger partial charge is 0.291 e. The van der Waals surface area contributed by atoms with E-state index in [1.165, 1.54) is 11.0 Å². The maximum Gasteiger partial charge on any atom is 0.199 e. The van der Waals surface area contributed by atoms with Crippen LogP contribution in [0, 0.1) is 0 Å². The molecule has 0 aliphatic heterocycles. The number of hydrogen-bond acceptors (Lipinski definition) is 4. The highest BCUT2D eigenvalue weighted by atomic mass is 79.9. The number of ketones is 1. The van der Waals surface area contributed by atoms with Crippen LogP contribution in [0.15, 0.2) is 30.6 Å². The van der Waals surface area contributed by atoms with Gasteiger partial charge >= 0.3 is 0 Å². The van der Waals surface area contributed by atoms with Gasteiger partial charge in [-0.3, -0.25) is 4.79 Å². The van der Waals surface area contributed by atoms with Gasteiger partial charge in [-0.25, -0.2) is 4.68 Å². The van der Waals surface area contributed by atoms with Crippen LogP contribution in [-0.4, -0.2) is 26.0 Å². The summed E-state index contributed by atoms with van der Waals surface area (Å²) in [6.45, 7) is 0. The molecular weight excluding hydrogens is 295 g/mol. The number of halogens is 2. The quantitative estimate of drug-likeness (QED) is 0.643. The van der Waals surface area contributed by atoms with E-state index in [4.69, 9.17) is 11.6 Å². The second kappa shape index (κ2) is 4.71. The van der Waals surface area contributed by atoms with Crippen LogP contribution in [0.3, 0.4) is 0 Å². The lowest BCUT2D eigenvalue weighted by molar-refractivity contribution is 0.0965. The van der Waals surface area contributed by atoms with E-state index in [0.29, 0.717) is 10.6 Å². The van der Waals surface area contributed by atoms with Crippen LogP contribution < -0.4 is 0 Å². The molecule has 1 aromatic heterocycles. The lowest BCUT2D eigenvalue weighted by Crippen LogP contribution is -2.15. The second-order valence-electron chi connectivity index (χ2n) is 2.97. The van der Waals surface area contributed by atoms with Crippen LogP contribution in [0.4, 0.5) is 0 Å². The third kappa shape index (κ3) is 2.12. The Hall–Kier alpha value is -1.27. The predicted octanol–water partition coefficient (Wildman–Crippen LogP) is 2.10. The molecule has 0 aliphatic rings. The van der Waals surface area contributed by atoms with Crippen molar-refractivity contribution in [3.8, 4) is 0 Å². The zero-order valence-corrected chi connectivity index (χ0v) is 10.3. The molecule has 2 aromatic rings. The minimum atomic E-state index is -0.651. The van der Waals surface area contributed by atoms with Crippen molar-refractivity contribution in [1.29, 1.82) is 0 Å². The van der Waals surface area contributed by atoms with E-state index in [9.17, 15) is 4.79 Å². The number of hydrogen-bond donors (Lipinski definition) is 0. The van der Waals surface area contributed by atoms with Crippen LogP contribution in [0.2, 0.25) is 5.02 Å². The highest BCUT2D eigenvalue weighted by Gasteiger charge is 2.21. The van der Waals surface area contributed by atoms with Crippen molar-refractivity contribution in [2.24, 2.45) is 0 Å². The number of nitrogens with zero attached hydrogens (tertiary/aromatic N) is 4. The van der Waals surface area contributed by atoms with E-state index in [-0.39, 0.29) is 5.78 Å². The van der Waals surface area contributed by atoms with E-state index in [0.717, 1.165) is 0 Å². The molecule has 0 fully saturated rings. The van der Waals surface area contributed by atoms with Crippen LogP contribution in [-0.2, 0) is 0 Å². The Morgan fingerprint density at radius 3 is 2.81 bits per heavy atom. The maximum absolute atomic E-state index is 12.0. The lowest BCUT2D eigenvalue weighted by atomic mass is 10.1. The first-order chi connectivity index (χ1) is 7.70.